The zero-order valence-corrected chi connectivity index (χ0v) is 26.8. The van der Waals surface area contributed by atoms with E-state index in [1.807, 2.05) is 56.3 Å². The Morgan fingerprint density at radius 3 is 2.49 bits per heavy atom. The molecule has 0 radical (unpaired) electrons. The SMILES string of the molecule is CCCCCN1C/C=C\CCC(=O)N(C)[C@@H](C)[C@H](c2ccccc2)OC(=O)[C@@H]2[C@H]3C(=O)N([C@@H](CC)CO)[C@H](C1=O)[C@]31C=C[C@H]2O1. The molecule has 4 heterocycles. The summed E-state index contributed by atoms with van der Waals surface area (Å²) in [6.07, 6.45) is 9.74. The van der Waals surface area contributed by atoms with Gasteiger partial charge < -0.3 is 29.3 Å². The summed E-state index contributed by atoms with van der Waals surface area (Å²) in [5.74, 6) is -3.32. The Morgan fingerprint density at radius 1 is 1.04 bits per heavy atom. The number of carbonyl (C=O) groups excluding carboxylic acids is 4. The van der Waals surface area contributed by atoms with Crippen LogP contribution >= 0.6 is 0 Å². The summed E-state index contributed by atoms with van der Waals surface area (Å²) in [6, 6.07) is 7.14. The fraction of sp³-hybridized carbons (Fsp3) is 0.600. The number of benzene rings is 1. The Morgan fingerprint density at radius 2 is 1.80 bits per heavy atom. The van der Waals surface area contributed by atoms with Crippen molar-refractivity contribution in [3.05, 3.63) is 60.2 Å². The van der Waals surface area contributed by atoms with Gasteiger partial charge in [0, 0.05) is 26.6 Å². The van der Waals surface area contributed by atoms with Crippen LogP contribution in [0.5, 0.6) is 0 Å². The molecular formula is C35H47N3O7. The largest absolute Gasteiger partial charge is 0.455 e. The molecule has 1 aromatic carbocycles. The van der Waals surface area contributed by atoms with Crippen LogP contribution in [-0.2, 0) is 28.7 Å². The number of amides is 3. The number of aliphatic hydroxyl groups excluding tert-OH is 1. The molecule has 0 unspecified atom stereocenters. The van der Waals surface area contributed by atoms with Crippen molar-refractivity contribution >= 4 is 23.7 Å². The van der Waals surface area contributed by atoms with Gasteiger partial charge in [0.2, 0.25) is 17.7 Å². The van der Waals surface area contributed by atoms with Crippen LogP contribution in [0.25, 0.3) is 0 Å². The highest BCUT2D eigenvalue weighted by Gasteiger charge is 2.74. The maximum Gasteiger partial charge on any atom is 0.313 e. The molecule has 0 aliphatic carbocycles. The van der Waals surface area contributed by atoms with Crippen molar-refractivity contribution in [3.63, 3.8) is 0 Å². The number of nitrogens with zero attached hydrogens (tertiary/aromatic N) is 3. The van der Waals surface area contributed by atoms with Crippen molar-refractivity contribution in [1.29, 1.82) is 0 Å². The molecule has 1 N–H and O–H groups in total. The van der Waals surface area contributed by atoms with E-state index in [0.717, 1.165) is 24.8 Å². The molecule has 0 aromatic heterocycles. The minimum absolute atomic E-state index is 0.0889. The molecule has 5 rings (SSSR count). The zero-order chi connectivity index (χ0) is 32.3. The highest BCUT2D eigenvalue weighted by Crippen LogP contribution is 2.56. The molecule has 4 aliphatic rings. The number of allylic oxidation sites excluding steroid dienone is 1. The van der Waals surface area contributed by atoms with Gasteiger partial charge in [-0.05, 0) is 31.7 Å². The highest BCUT2D eigenvalue weighted by molar-refractivity contribution is 5.99. The zero-order valence-electron chi connectivity index (χ0n) is 26.8. The number of rotatable bonds is 8. The van der Waals surface area contributed by atoms with Gasteiger partial charge in [0.1, 0.15) is 23.7 Å². The molecule has 1 spiro atoms. The molecule has 10 nitrogen and oxygen atoms in total. The summed E-state index contributed by atoms with van der Waals surface area (Å²) in [7, 11) is 1.71. The lowest BCUT2D eigenvalue weighted by Gasteiger charge is -2.38. The number of unbranched alkanes of at least 4 members (excludes halogenated alkanes) is 2. The summed E-state index contributed by atoms with van der Waals surface area (Å²) in [6.45, 7) is 6.30. The van der Waals surface area contributed by atoms with Gasteiger partial charge in [-0.2, -0.15) is 0 Å². The lowest BCUT2D eigenvalue weighted by Crippen LogP contribution is -2.58. The molecule has 244 valence electrons. The monoisotopic (exact) mass is 621 g/mol. The molecule has 45 heavy (non-hydrogen) atoms. The van der Waals surface area contributed by atoms with Gasteiger partial charge in [-0.25, -0.2) is 0 Å². The first-order valence-corrected chi connectivity index (χ1v) is 16.4. The number of aliphatic hydroxyl groups is 1. The van der Waals surface area contributed by atoms with E-state index in [4.69, 9.17) is 9.47 Å². The Hall–Kier alpha value is -3.50. The molecule has 8 atom stereocenters. The van der Waals surface area contributed by atoms with Crippen LogP contribution in [0.1, 0.15) is 71.0 Å². The van der Waals surface area contributed by atoms with Crippen LogP contribution in [0.3, 0.4) is 0 Å². The third kappa shape index (κ3) is 5.94. The van der Waals surface area contributed by atoms with Gasteiger partial charge in [0.15, 0.2) is 0 Å². The van der Waals surface area contributed by atoms with Crippen molar-refractivity contribution in [3.8, 4) is 0 Å². The normalized spacial score (nSPS) is 33.5. The van der Waals surface area contributed by atoms with Crippen LogP contribution < -0.4 is 0 Å². The predicted octanol–water partition coefficient (Wildman–Crippen LogP) is 3.41. The summed E-state index contributed by atoms with van der Waals surface area (Å²) >= 11 is 0. The van der Waals surface area contributed by atoms with Crippen molar-refractivity contribution in [2.75, 3.05) is 26.7 Å². The molecule has 1 aromatic rings. The van der Waals surface area contributed by atoms with Crippen molar-refractivity contribution in [1.82, 2.24) is 14.7 Å². The number of esters is 1. The first-order chi connectivity index (χ1) is 21.7. The molecule has 4 aliphatic heterocycles. The number of likely N-dealkylation sites (tertiary alicyclic amines) is 1. The molecule has 10 heteroatoms. The number of carbonyl (C=O) groups is 4. The van der Waals surface area contributed by atoms with Gasteiger partial charge in [-0.15, -0.1) is 0 Å². The van der Waals surface area contributed by atoms with Gasteiger partial charge in [0.05, 0.1) is 30.7 Å². The molecular weight excluding hydrogens is 574 g/mol. The van der Waals surface area contributed by atoms with Crippen molar-refractivity contribution in [2.24, 2.45) is 11.8 Å². The van der Waals surface area contributed by atoms with E-state index in [1.165, 1.54) is 4.90 Å². The van der Waals surface area contributed by atoms with Crippen LogP contribution in [0, 0.1) is 11.8 Å². The Labute approximate surface area is 266 Å². The summed E-state index contributed by atoms with van der Waals surface area (Å²) in [5.41, 5.74) is -0.626. The van der Waals surface area contributed by atoms with Crippen molar-refractivity contribution in [2.45, 2.75) is 95.2 Å². The molecule has 2 fully saturated rings. The second kappa shape index (κ2) is 13.9. The quantitative estimate of drug-likeness (QED) is 0.269. The van der Waals surface area contributed by atoms with Crippen LogP contribution in [-0.4, -0.2) is 100 Å². The molecule has 0 saturated carbocycles. The average Bonchev–Trinajstić information content (AvgIpc) is 3.69. The Bertz CT molecular complexity index is 1310. The third-order valence-electron chi connectivity index (χ3n) is 10.1. The first kappa shape index (κ1) is 32.9. The molecule has 3 amide bonds. The summed E-state index contributed by atoms with van der Waals surface area (Å²) in [5, 5.41) is 10.4. The number of likely N-dealkylation sites (N-methyl/N-ethyl adjacent to an activating group) is 1. The Balaban J connectivity index is 1.60. The Kier molecular flexibility index (Phi) is 10.1. The van der Waals surface area contributed by atoms with E-state index in [2.05, 4.69) is 6.92 Å². The van der Waals surface area contributed by atoms with E-state index < -0.39 is 53.7 Å². The fourth-order valence-corrected chi connectivity index (χ4v) is 7.41. The number of fused-ring (bicyclic) bond motifs is 2. The second-order valence-corrected chi connectivity index (χ2v) is 12.7. The van der Waals surface area contributed by atoms with E-state index in [0.29, 0.717) is 25.9 Å². The highest BCUT2D eigenvalue weighted by atomic mass is 16.6. The number of hydrogen-bond donors (Lipinski definition) is 1. The van der Waals surface area contributed by atoms with Gasteiger partial charge in [-0.1, -0.05) is 81.3 Å². The van der Waals surface area contributed by atoms with Crippen LogP contribution in [0.4, 0.5) is 0 Å². The van der Waals surface area contributed by atoms with Gasteiger partial charge in [-0.3, -0.25) is 19.2 Å². The van der Waals surface area contributed by atoms with E-state index in [1.54, 1.807) is 29.0 Å². The summed E-state index contributed by atoms with van der Waals surface area (Å²) < 4.78 is 12.8. The minimum atomic E-state index is -1.35. The summed E-state index contributed by atoms with van der Waals surface area (Å²) in [4.78, 5) is 61.3. The van der Waals surface area contributed by atoms with Crippen LogP contribution in [0.15, 0.2) is 54.6 Å². The van der Waals surface area contributed by atoms with E-state index in [9.17, 15) is 24.3 Å². The first-order valence-electron chi connectivity index (χ1n) is 16.4. The standard InChI is InChI=1S/C35H47N3O7/c1-5-7-13-20-37-21-14-9-12-17-27(40)36(4)23(3)30(24-15-10-8-11-16-24)44-34(43)28-26-18-19-35(45-26)29(28)32(41)38(25(6-2)22-39)31(35)33(37)42/h8-11,14-16,18-19,23,25-26,28-31,39H,5-7,12-13,17,20-22H2,1-4H3/b14-9-/t23-,25-,26+,28-,29-,30+,31+,35-/m0/s1. The number of hydrogen-bond acceptors (Lipinski definition) is 7. The van der Waals surface area contributed by atoms with Gasteiger partial charge >= 0.3 is 5.97 Å². The lowest BCUT2D eigenvalue weighted by molar-refractivity contribution is -0.164. The topological polar surface area (TPSA) is 117 Å². The molecule has 5 bridgehead atoms. The van der Waals surface area contributed by atoms with Crippen molar-refractivity contribution < 1.29 is 33.8 Å². The van der Waals surface area contributed by atoms with Crippen LogP contribution in [0.2, 0.25) is 0 Å². The maximum atomic E-state index is 14.6. The number of ether oxygens (including phenoxy) is 2. The fourth-order valence-electron chi connectivity index (χ4n) is 7.41. The lowest BCUT2D eigenvalue weighted by atomic mass is 9.74. The van der Waals surface area contributed by atoms with Gasteiger partial charge in [0.25, 0.3) is 0 Å². The number of cyclic esters (lactones) is 1. The van der Waals surface area contributed by atoms with E-state index in [-0.39, 0.29) is 30.7 Å². The minimum Gasteiger partial charge on any atom is -0.455 e. The third-order valence-corrected chi connectivity index (χ3v) is 10.1. The average molecular weight is 622 g/mol. The molecule has 2 saturated heterocycles. The smallest absolute Gasteiger partial charge is 0.313 e. The predicted molar refractivity (Wildman–Crippen MR) is 168 cm³/mol. The maximum absolute atomic E-state index is 14.6. The second-order valence-electron chi connectivity index (χ2n) is 12.7. The van der Waals surface area contributed by atoms with E-state index >= 15 is 0 Å².